The van der Waals surface area contributed by atoms with E-state index in [1.54, 1.807) is 13.0 Å². The molecule has 4 heterocycles. The third-order valence-corrected chi connectivity index (χ3v) is 14.5. The van der Waals surface area contributed by atoms with Gasteiger partial charge in [0.05, 0.1) is 35.6 Å². The molecular formula is C38H51Cl2N3O6S. The van der Waals surface area contributed by atoms with Crippen molar-refractivity contribution in [3.05, 3.63) is 58.1 Å². The van der Waals surface area contributed by atoms with Crippen molar-refractivity contribution >= 4 is 44.8 Å². The molecule has 2 aromatic carbocycles. The van der Waals surface area contributed by atoms with Crippen LogP contribution in [0.4, 0.5) is 5.69 Å². The Balaban J connectivity index is 1.19. The van der Waals surface area contributed by atoms with E-state index in [1.807, 2.05) is 37.3 Å². The lowest BCUT2D eigenvalue weighted by molar-refractivity contribution is -0.246. The molecule has 274 valence electrons. The first kappa shape index (κ1) is 36.3. The number of sulfonamides is 1. The van der Waals surface area contributed by atoms with E-state index in [-0.39, 0.29) is 29.5 Å². The van der Waals surface area contributed by atoms with Crippen LogP contribution in [0.5, 0.6) is 5.75 Å². The molecule has 4 aliphatic heterocycles. The van der Waals surface area contributed by atoms with Gasteiger partial charge in [-0.25, -0.2) is 13.1 Å². The number of alkyl halides is 1. The van der Waals surface area contributed by atoms with Gasteiger partial charge in [-0.1, -0.05) is 31.0 Å². The zero-order valence-electron chi connectivity index (χ0n) is 29.2. The monoisotopic (exact) mass is 747 g/mol. The summed E-state index contributed by atoms with van der Waals surface area (Å²) in [6.07, 6.45) is 7.28. The summed E-state index contributed by atoms with van der Waals surface area (Å²) in [5.74, 6) is 0.986. The van der Waals surface area contributed by atoms with Crippen molar-refractivity contribution in [3.8, 4) is 5.75 Å². The summed E-state index contributed by atoms with van der Waals surface area (Å²) in [7, 11) is -3.91. The molecule has 50 heavy (non-hydrogen) atoms. The minimum atomic E-state index is -3.91. The number of carbonyl (C=O) groups excluding carboxylic acids is 1. The van der Waals surface area contributed by atoms with Crippen LogP contribution in [0.3, 0.4) is 0 Å². The van der Waals surface area contributed by atoms with Gasteiger partial charge in [0.25, 0.3) is 5.91 Å². The fourth-order valence-corrected chi connectivity index (χ4v) is 10.4. The number of ether oxygens (including phenoxy) is 3. The summed E-state index contributed by atoms with van der Waals surface area (Å²) < 4.78 is 48.9. The van der Waals surface area contributed by atoms with Crippen LogP contribution < -0.4 is 14.4 Å². The molecule has 1 N–H and O–H groups in total. The molecule has 0 spiro atoms. The SMILES string of the molecule is C[C@@H]1[C@@H](C)CCC[C@H]([C@H]2OC[C@@H](N3CC(Cl)C3)CO2)[C@@H]2CC[C@H]2CN2CCCCc3cc(Cl)ccc3COc3ccc(cc32)C(=O)NS1(=O)=O. The third-order valence-electron chi connectivity index (χ3n) is 12.1. The largest absolute Gasteiger partial charge is 0.487 e. The Morgan fingerprint density at radius 1 is 0.880 bits per heavy atom. The lowest BCUT2D eigenvalue weighted by Crippen LogP contribution is -2.59. The molecule has 0 aromatic heterocycles. The van der Waals surface area contributed by atoms with Gasteiger partial charge in [0.15, 0.2) is 6.29 Å². The van der Waals surface area contributed by atoms with Gasteiger partial charge in [-0.2, -0.15) is 0 Å². The highest BCUT2D eigenvalue weighted by atomic mass is 35.5. The van der Waals surface area contributed by atoms with Gasteiger partial charge in [-0.15, -0.1) is 11.6 Å². The number of anilines is 1. The summed E-state index contributed by atoms with van der Waals surface area (Å²) >= 11 is 12.6. The van der Waals surface area contributed by atoms with Crippen LogP contribution >= 0.6 is 23.2 Å². The van der Waals surface area contributed by atoms with Gasteiger partial charge in [0.2, 0.25) is 10.0 Å². The number of nitrogens with one attached hydrogen (secondary N) is 1. The maximum absolute atomic E-state index is 13.5. The van der Waals surface area contributed by atoms with E-state index in [2.05, 4.69) is 14.5 Å². The maximum Gasteiger partial charge on any atom is 0.264 e. The maximum atomic E-state index is 13.5. The van der Waals surface area contributed by atoms with Crippen molar-refractivity contribution in [2.24, 2.45) is 23.7 Å². The van der Waals surface area contributed by atoms with Crippen molar-refractivity contribution in [2.75, 3.05) is 44.3 Å². The molecule has 1 amide bonds. The minimum Gasteiger partial charge on any atom is -0.487 e. The predicted molar refractivity (Wildman–Crippen MR) is 197 cm³/mol. The summed E-state index contributed by atoms with van der Waals surface area (Å²) in [4.78, 5) is 18.3. The lowest BCUT2D eigenvalue weighted by Gasteiger charge is -2.49. The standard InChI is InChI=1S/C38H51Cl2N3O6S/c1-24-6-5-8-34(38-48-22-32(23-49-38)43-19-31(40)20-43)33-13-10-28(33)18-42-15-4-3-7-26-16-30(39)12-9-29(26)21-47-36-14-11-27(17-35(36)42)37(44)41-50(45,46)25(24)2/h9,11-12,14,16-17,24-25,28,31-34,38H,3-8,10,13,15,18-23H2,1-2H3,(H,41,44)/t24-,25+,28-,32-,33+,34-,38+/m0/s1. The first-order valence-electron chi connectivity index (χ1n) is 18.5. The lowest BCUT2D eigenvalue weighted by atomic mass is 9.65. The van der Waals surface area contributed by atoms with Gasteiger partial charge in [-0.3, -0.25) is 9.69 Å². The highest BCUT2D eigenvalue weighted by molar-refractivity contribution is 7.90. The van der Waals surface area contributed by atoms with Gasteiger partial charge in [0.1, 0.15) is 12.4 Å². The Morgan fingerprint density at radius 3 is 2.42 bits per heavy atom. The zero-order valence-corrected chi connectivity index (χ0v) is 31.5. The number of rotatable bonds is 2. The molecule has 3 fully saturated rings. The van der Waals surface area contributed by atoms with E-state index >= 15 is 0 Å². The smallest absolute Gasteiger partial charge is 0.264 e. The summed E-state index contributed by atoms with van der Waals surface area (Å²) in [6.45, 7) is 8.67. The van der Waals surface area contributed by atoms with Crippen LogP contribution in [-0.2, 0) is 32.5 Å². The quantitative estimate of drug-likeness (QED) is 0.342. The number of halogens is 2. The van der Waals surface area contributed by atoms with Crippen molar-refractivity contribution < 1.29 is 27.4 Å². The zero-order chi connectivity index (χ0) is 35.0. The number of hydrogen-bond donors (Lipinski definition) is 1. The highest BCUT2D eigenvalue weighted by Gasteiger charge is 2.45. The number of hydrogen-bond acceptors (Lipinski definition) is 8. The second-order valence-electron chi connectivity index (χ2n) is 15.3. The Kier molecular flexibility index (Phi) is 11.2. The van der Waals surface area contributed by atoms with E-state index in [0.29, 0.717) is 43.0 Å². The first-order valence-corrected chi connectivity index (χ1v) is 20.9. The molecular weight excluding hydrogens is 697 g/mol. The molecule has 5 atom stereocenters. The number of benzene rings is 2. The van der Waals surface area contributed by atoms with Crippen LogP contribution in [0.15, 0.2) is 36.4 Å². The summed E-state index contributed by atoms with van der Waals surface area (Å²) in [5.41, 5.74) is 3.41. The topological polar surface area (TPSA) is 97.4 Å². The molecule has 9 nitrogen and oxygen atoms in total. The van der Waals surface area contributed by atoms with Gasteiger partial charge >= 0.3 is 0 Å². The molecule has 1 aliphatic carbocycles. The van der Waals surface area contributed by atoms with E-state index in [9.17, 15) is 13.2 Å². The van der Waals surface area contributed by atoms with E-state index in [4.69, 9.17) is 37.4 Å². The fraction of sp³-hybridized carbons (Fsp3) is 0.658. The minimum absolute atomic E-state index is 0.132. The average Bonchev–Trinajstić information content (AvgIpc) is 3.10. The Morgan fingerprint density at radius 2 is 1.68 bits per heavy atom. The van der Waals surface area contributed by atoms with Gasteiger partial charge in [0, 0.05) is 42.7 Å². The number of likely N-dealkylation sites (tertiary alicyclic amines) is 1. The molecule has 7 rings (SSSR count). The Hall–Kier alpha value is -2.08. The average molecular weight is 749 g/mol. The normalized spacial score (nSPS) is 32.9. The fourth-order valence-electron chi connectivity index (χ4n) is 8.52. The van der Waals surface area contributed by atoms with E-state index in [0.717, 1.165) is 93.8 Å². The predicted octanol–water partition coefficient (Wildman–Crippen LogP) is 6.64. The van der Waals surface area contributed by atoms with Crippen molar-refractivity contribution in [3.63, 3.8) is 0 Å². The van der Waals surface area contributed by atoms with Crippen molar-refractivity contribution in [2.45, 2.75) is 94.8 Å². The molecule has 5 aliphatic rings. The second kappa shape index (κ2) is 15.5. The van der Waals surface area contributed by atoms with Crippen LogP contribution in [0.2, 0.25) is 5.02 Å². The summed E-state index contributed by atoms with van der Waals surface area (Å²) in [5, 5.41) is 0.198. The first-order chi connectivity index (χ1) is 24.1. The van der Waals surface area contributed by atoms with Crippen LogP contribution in [0, 0.1) is 23.7 Å². The van der Waals surface area contributed by atoms with Gasteiger partial charge < -0.3 is 19.1 Å². The van der Waals surface area contributed by atoms with E-state index in [1.165, 1.54) is 5.56 Å². The summed E-state index contributed by atoms with van der Waals surface area (Å²) in [6, 6.07) is 11.5. The third kappa shape index (κ3) is 7.96. The molecule has 2 bridgehead atoms. The van der Waals surface area contributed by atoms with Crippen molar-refractivity contribution in [1.82, 2.24) is 9.62 Å². The number of amides is 1. The molecule has 0 unspecified atom stereocenters. The number of nitrogens with zero attached hydrogens (tertiary/aromatic N) is 2. The number of fused-ring (bicyclic) bond motifs is 3. The van der Waals surface area contributed by atoms with Crippen LogP contribution in [-0.4, -0.2) is 81.6 Å². The number of aryl methyl sites for hydroxylation is 1. The number of carbonyl (C=O) groups is 1. The second-order valence-corrected chi connectivity index (χ2v) is 18.4. The molecule has 2 saturated heterocycles. The van der Waals surface area contributed by atoms with Gasteiger partial charge in [-0.05, 0) is 111 Å². The van der Waals surface area contributed by atoms with Crippen molar-refractivity contribution in [1.29, 1.82) is 0 Å². The Labute approximate surface area is 307 Å². The molecule has 0 radical (unpaired) electrons. The molecule has 1 saturated carbocycles. The van der Waals surface area contributed by atoms with E-state index < -0.39 is 21.2 Å². The van der Waals surface area contributed by atoms with Crippen LogP contribution in [0.1, 0.15) is 80.3 Å². The van der Waals surface area contributed by atoms with Crippen LogP contribution in [0.25, 0.3) is 0 Å². The molecule has 2 aromatic rings. The molecule has 12 heteroatoms. The Bertz CT molecular complexity index is 1630. The highest BCUT2D eigenvalue weighted by Crippen LogP contribution is 2.46.